The van der Waals surface area contributed by atoms with E-state index >= 15 is 0 Å². The summed E-state index contributed by atoms with van der Waals surface area (Å²) in [6, 6.07) is 5.64. The summed E-state index contributed by atoms with van der Waals surface area (Å²) in [7, 11) is 0. The summed E-state index contributed by atoms with van der Waals surface area (Å²) in [4.78, 5) is 11.4. The first-order valence-electron chi connectivity index (χ1n) is 7.01. The molecular formula is C15H21NO4. The number of hydrogen-bond donors (Lipinski definition) is 4. The highest BCUT2D eigenvalue weighted by molar-refractivity contribution is 5.74. The van der Waals surface area contributed by atoms with Crippen LogP contribution in [0.15, 0.2) is 24.3 Å². The van der Waals surface area contributed by atoms with E-state index in [4.69, 9.17) is 0 Å². The second-order valence-electron chi connectivity index (χ2n) is 5.39. The van der Waals surface area contributed by atoms with Crippen molar-refractivity contribution < 1.29 is 20.1 Å². The number of phenols is 1. The van der Waals surface area contributed by atoms with Crippen LogP contribution in [0.4, 0.5) is 0 Å². The van der Waals surface area contributed by atoms with Gasteiger partial charge >= 0.3 is 5.97 Å². The topological polar surface area (TPSA) is 89.8 Å². The number of carboxylic acid groups (broad SMARTS) is 1. The van der Waals surface area contributed by atoms with E-state index in [0.29, 0.717) is 6.42 Å². The largest absolute Gasteiger partial charge is 0.508 e. The minimum absolute atomic E-state index is 0.151. The van der Waals surface area contributed by atoms with Gasteiger partial charge < -0.3 is 15.3 Å². The van der Waals surface area contributed by atoms with E-state index in [-0.39, 0.29) is 11.8 Å². The molecule has 1 saturated carbocycles. The Morgan fingerprint density at radius 2 is 1.90 bits per heavy atom. The molecule has 0 aromatic heterocycles. The number of aliphatic hydroxyl groups is 1. The lowest BCUT2D eigenvalue weighted by atomic mass is 9.91. The predicted octanol–water partition coefficient (Wildman–Crippen LogP) is 1.28. The second kappa shape index (κ2) is 6.72. The van der Waals surface area contributed by atoms with Gasteiger partial charge in [0.25, 0.3) is 0 Å². The third kappa shape index (κ3) is 3.95. The highest BCUT2D eigenvalue weighted by Gasteiger charge is 2.28. The first kappa shape index (κ1) is 14.8. The first-order valence-corrected chi connectivity index (χ1v) is 7.01. The maximum atomic E-state index is 11.4. The van der Waals surface area contributed by atoms with E-state index in [9.17, 15) is 20.1 Å². The zero-order valence-electron chi connectivity index (χ0n) is 11.3. The molecule has 0 unspecified atom stereocenters. The summed E-state index contributed by atoms with van der Waals surface area (Å²) in [5.74, 6) is -0.757. The summed E-state index contributed by atoms with van der Waals surface area (Å²) < 4.78 is 0. The number of aliphatic carboxylic acids is 1. The predicted molar refractivity (Wildman–Crippen MR) is 74.6 cm³/mol. The molecule has 1 aliphatic rings. The normalized spacial score (nSPS) is 24.2. The summed E-state index contributed by atoms with van der Waals surface area (Å²) in [6.07, 6.45) is 3.41. The average molecular weight is 279 g/mol. The molecule has 1 aromatic carbocycles. The Balaban J connectivity index is 1.99. The van der Waals surface area contributed by atoms with E-state index in [1.807, 2.05) is 0 Å². The number of phenolic OH excluding ortho intramolecular Hbond substituents is 1. The SMILES string of the molecule is O=C(O)[C@@H](Cc1ccc(O)cc1)N[C@H]1CCCC[C@@H]1O. The van der Waals surface area contributed by atoms with Gasteiger partial charge in [-0.3, -0.25) is 10.1 Å². The fourth-order valence-electron chi connectivity index (χ4n) is 2.65. The molecule has 1 aliphatic carbocycles. The minimum Gasteiger partial charge on any atom is -0.508 e. The van der Waals surface area contributed by atoms with E-state index in [1.54, 1.807) is 24.3 Å². The molecule has 0 saturated heterocycles. The lowest BCUT2D eigenvalue weighted by molar-refractivity contribution is -0.140. The number of hydrogen-bond acceptors (Lipinski definition) is 4. The Morgan fingerprint density at radius 1 is 1.25 bits per heavy atom. The van der Waals surface area contributed by atoms with Gasteiger partial charge in [-0.25, -0.2) is 0 Å². The van der Waals surface area contributed by atoms with Crippen LogP contribution >= 0.6 is 0 Å². The molecule has 5 heteroatoms. The fourth-order valence-corrected chi connectivity index (χ4v) is 2.65. The van der Waals surface area contributed by atoms with Gasteiger partial charge in [0.2, 0.25) is 0 Å². The van der Waals surface area contributed by atoms with Crippen molar-refractivity contribution >= 4 is 5.97 Å². The summed E-state index contributed by atoms with van der Waals surface area (Å²) in [6.45, 7) is 0. The Kier molecular flexibility index (Phi) is 4.98. The third-order valence-corrected chi connectivity index (χ3v) is 3.82. The molecule has 5 nitrogen and oxygen atoms in total. The standard InChI is InChI=1S/C15H21NO4/c17-11-7-5-10(6-8-11)9-13(15(19)20)16-12-3-1-2-4-14(12)18/h5-8,12-14,16-18H,1-4,9H2,(H,19,20)/t12-,13+,14-/m0/s1. The van der Waals surface area contributed by atoms with Gasteiger partial charge in [-0.05, 0) is 37.0 Å². The quantitative estimate of drug-likeness (QED) is 0.652. The van der Waals surface area contributed by atoms with Crippen LogP contribution in [-0.2, 0) is 11.2 Å². The lowest BCUT2D eigenvalue weighted by Gasteiger charge is -2.31. The van der Waals surface area contributed by atoms with Crippen LogP contribution in [0, 0.1) is 0 Å². The van der Waals surface area contributed by atoms with Crippen LogP contribution in [0.3, 0.4) is 0 Å². The van der Waals surface area contributed by atoms with Gasteiger partial charge in [0, 0.05) is 6.04 Å². The van der Waals surface area contributed by atoms with E-state index in [0.717, 1.165) is 31.2 Å². The van der Waals surface area contributed by atoms with Crippen LogP contribution < -0.4 is 5.32 Å². The van der Waals surface area contributed by atoms with Gasteiger partial charge in [-0.1, -0.05) is 25.0 Å². The van der Waals surface area contributed by atoms with Crippen LogP contribution in [0.1, 0.15) is 31.2 Å². The van der Waals surface area contributed by atoms with Gasteiger partial charge in [-0.2, -0.15) is 0 Å². The van der Waals surface area contributed by atoms with Gasteiger partial charge in [-0.15, -0.1) is 0 Å². The van der Waals surface area contributed by atoms with Crippen LogP contribution in [0.2, 0.25) is 0 Å². The van der Waals surface area contributed by atoms with E-state index < -0.39 is 18.1 Å². The summed E-state index contributed by atoms with van der Waals surface area (Å²) in [5.41, 5.74) is 0.841. The van der Waals surface area contributed by atoms with Crippen molar-refractivity contribution in [2.45, 2.75) is 50.3 Å². The molecule has 1 aromatic rings. The molecule has 20 heavy (non-hydrogen) atoms. The molecule has 0 radical (unpaired) electrons. The van der Waals surface area contributed by atoms with Crippen LogP contribution in [0.5, 0.6) is 5.75 Å². The maximum absolute atomic E-state index is 11.4. The molecule has 0 heterocycles. The molecule has 3 atom stereocenters. The number of rotatable bonds is 5. The van der Waals surface area contributed by atoms with Crippen molar-refractivity contribution in [2.24, 2.45) is 0 Å². The van der Waals surface area contributed by atoms with Crippen LogP contribution in [0.25, 0.3) is 0 Å². The molecular weight excluding hydrogens is 258 g/mol. The zero-order valence-corrected chi connectivity index (χ0v) is 11.3. The summed E-state index contributed by atoms with van der Waals surface area (Å²) in [5, 5.41) is 31.5. The van der Waals surface area contributed by atoms with Gasteiger partial charge in [0.1, 0.15) is 11.8 Å². The van der Waals surface area contributed by atoms with Crippen molar-refractivity contribution in [2.75, 3.05) is 0 Å². The van der Waals surface area contributed by atoms with E-state index in [1.165, 1.54) is 0 Å². The first-order chi connectivity index (χ1) is 9.56. The van der Waals surface area contributed by atoms with Crippen molar-refractivity contribution in [1.82, 2.24) is 5.32 Å². The molecule has 0 bridgehead atoms. The zero-order chi connectivity index (χ0) is 14.5. The van der Waals surface area contributed by atoms with Crippen LogP contribution in [-0.4, -0.2) is 39.5 Å². The van der Waals surface area contributed by atoms with Crippen molar-refractivity contribution in [3.8, 4) is 5.75 Å². The Labute approximate surface area is 118 Å². The van der Waals surface area contributed by atoms with Gasteiger partial charge in [0.05, 0.1) is 6.10 Å². The lowest BCUT2D eigenvalue weighted by Crippen LogP contribution is -2.50. The van der Waals surface area contributed by atoms with Crippen molar-refractivity contribution in [3.63, 3.8) is 0 Å². The monoisotopic (exact) mass is 279 g/mol. The fraction of sp³-hybridized carbons (Fsp3) is 0.533. The number of aromatic hydroxyl groups is 1. The van der Waals surface area contributed by atoms with E-state index in [2.05, 4.69) is 5.32 Å². The molecule has 0 spiro atoms. The van der Waals surface area contributed by atoms with Crippen molar-refractivity contribution in [1.29, 1.82) is 0 Å². The summed E-state index contributed by atoms with van der Waals surface area (Å²) >= 11 is 0. The molecule has 0 aliphatic heterocycles. The van der Waals surface area contributed by atoms with Gasteiger partial charge in [0.15, 0.2) is 0 Å². The smallest absolute Gasteiger partial charge is 0.321 e. The Bertz CT molecular complexity index is 446. The maximum Gasteiger partial charge on any atom is 0.321 e. The molecule has 110 valence electrons. The molecule has 0 amide bonds. The Hall–Kier alpha value is -1.59. The minimum atomic E-state index is -0.921. The third-order valence-electron chi connectivity index (χ3n) is 3.82. The highest BCUT2D eigenvalue weighted by Crippen LogP contribution is 2.19. The average Bonchev–Trinajstić information content (AvgIpc) is 2.42. The number of nitrogens with one attached hydrogen (secondary N) is 1. The second-order valence-corrected chi connectivity index (χ2v) is 5.39. The molecule has 2 rings (SSSR count). The number of carbonyl (C=O) groups is 1. The Morgan fingerprint density at radius 3 is 2.50 bits per heavy atom. The number of carboxylic acids is 1. The van der Waals surface area contributed by atoms with Crippen molar-refractivity contribution in [3.05, 3.63) is 29.8 Å². The molecule has 1 fully saturated rings. The number of aliphatic hydroxyl groups excluding tert-OH is 1. The highest BCUT2D eigenvalue weighted by atomic mass is 16.4. The number of benzene rings is 1. The molecule has 4 N–H and O–H groups in total.